The number of benzene rings is 1. The summed E-state index contributed by atoms with van der Waals surface area (Å²) in [6, 6.07) is 9.83. The van der Waals surface area contributed by atoms with Crippen molar-refractivity contribution >= 4 is 11.6 Å². The van der Waals surface area contributed by atoms with E-state index in [0.29, 0.717) is 0 Å². The number of halogens is 1. The lowest BCUT2D eigenvalue weighted by molar-refractivity contribution is 0.266. The van der Waals surface area contributed by atoms with Crippen LogP contribution < -0.4 is 0 Å². The third-order valence-electron chi connectivity index (χ3n) is 2.44. The lowest BCUT2D eigenvalue weighted by Gasteiger charge is -2.14. The lowest BCUT2D eigenvalue weighted by Crippen LogP contribution is -2.16. The van der Waals surface area contributed by atoms with Gasteiger partial charge in [-0.25, -0.2) is 0 Å². The van der Waals surface area contributed by atoms with Gasteiger partial charge in [-0.2, -0.15) is 0 Å². The van der Waals surface area contributed by atoms with Crippen LogP contribution in [0.3, 0.4) is 0 Å². The Kier molecular flexibility index (Phi) is 3.82. The molecule has 0 saturated carbocycles. The maximum atomic E-state index is 5.94. The van der Waals surface area contributed by atoms with Crippen LogP contribution in [0.4, 0.5) is 0 Å². The van der Waals surface area contributed by atoms with Gasteiger partial charge in [0.15, 0.2) is 5.76 Å². The quantitative estimate of drug-likeness (QED) is 0.834. The van der Waals surface area contributed by atoms with Crippen LogP contribution >= 0.6 is 11.6 Å². The predicted molar refractivity (Wildman–Crippen MR) is 67.9 cm³/mol. The van der Waals surface area contributed by atoms with Crippen LogP contribution in [0.25, 0.3) is 0 Å². The van der Waals surface area contributed by atoms with Crippen molar-refractivity contribution in [2.45, 2.75) is 20.0 Å². The minimum atomic E-state index is 0.743. The molecule has 0 aliphatic carbocycles. The summed E-state index contributed by atoms with van der Waals surface area (Å²) >= 11 is 5.94. The average Bonchev–Trinajstić information content (AvgIpc) is 2.63. The van der Waals surface area contributed by atoms with Crippen LogP contribution in [0.15, 0.2) is 34.9 Å². The van der Waals surface area contributed by atoms with E-state index in [1.165, 1.54) is 5.56 Å². The van der Waals surface area contributed by atoms with Crippen molar-refractivity contribution in [3.63, 3.8) is 0 Å². The van der Waals surface area contributed by atoms with Gasteiger partial charge in [0, 0.05) is 17.6 Å². The van der Waals surface area contributed by atoms with Crippen LogP contribution in [0.2, 0.25) is 5.02 Å². The Balaban J connectivity index is 1.95. The first-order valence-electron chi connectivity index (χ1n) is 5.48. The third-order valence-corrected chi connectivity index (χ3v) is 2.68. The van der Waals surface area contributed by atoms with Gasteiger partial charge in [0.1, 0.15) is 0 Å². The minimum absolute atomic E-state index is 0.743. The summed E-state index contributed by atoms with van der Waals surface area (Å²) in [5, 5.41) is 4.64. The molecule has 0 amide bonds. The highest BCUT2D eigenvalue weighted by molar-refractivity contribution is 6.30. The van der Waals surface area contributed by atoms with Crippen LogP contribution in [0.1, 0.15) is 17.0 Å². The molecular formula is C13H15ClN2O. The molecule has 2 rings (SSSR count). The summed E-state index contributed by atoms with van der Waals surface area (Å²) < 4.78 is 5.18. The van der Waals surface area contributed by atoms with Crippen molar-refractivity contribution < 1.29 is 4.52 Å². The molecule has 1 heterocycles. The Labute approximate surface area is 106 Å². The highest BCUT2D eigenvalue weighted by atomic mass is 35.5. The largest absolute Gasteiger partial charge is 0.360 e. The SMILES string of the molecule is Cc1cc(CN(C)Cc2cccc(Cl)c2)on1. The zero-order chi connectivity index (χ0) is 12.3. The first-order chi connectivity index (χ1) is 8.13. The second-order valence-electron chi connectivity index (χ2n) is 4.24. The molecule has 2 aromatic rings. The van der Waals surface area contributed by atoms with Gasteiger partial charge in [-0.05, 0) is 31.7 Å². The van der Waals surface area contributed by atoms with Gasteiger partial charge >= 0.3 is 0 Å². The molecule has 3 nitrogen and oxygen atoms in total. The number of aromatic nitrogens is 1. The molecule has 17 heavy (non-hydrogen) atoms. The third kappa shape index (κ3) is 3.58. The number of hydrogen-bond acceptors (Lipinski definition) is 3. The molecule has 1 aromatic carbocycles. The van der Waals surface area contributed by atoms with Gasteiger partial charge in [-0.1, -0.05) is 28.9 Å². The van der Waals surface area contributed by atoms with Crippen LogP contribution in [0, 0.1) is 6.92 Å². The lowest BCUT2D eigenvalue weighted by atomic mass is 10.2. The van der Waals surface area contributed by atoms with Gasteiger partial charge in [-0.3, -0.25) is 4.90 Å². The van der Waals surface area contributed by atoms with E-state index in [2.05, 4.69) is 16.1 Å². The standard InChI is InChI=1S/C13H15ClN2O/c1-10-6-13(17-15-10)9-16(2)8-11-4-3-5-12(14)7-11/h3-7H,8-9H2,1-2H3. The molecule has 0 bridgehead atoms. The van der Waals surface area contributed by atoms with E-state index in [9.17, 15) is 0 Å². The van der Waals surface area contributed by atoms with Crippen molar-refractivity contribution in [3.05, 3.63) is 52.4 Å². The molecular weight excluding hydrogens is 236 g/mol. The van der Waals surface area contributed by atoms with E-state index < -0.39 is 0 Å². The first kappa shape index (κ1) is 12.1. The van der Waals surface area contributed by atoms with E-state index >= 15 is 0 Å². The van der Waals surface area contributed by atoms with Gasteiger partial charge < -0.3 is 4.52 Å². The fraction of sp³-hybridized carbons (Fsp3) is 0.308. The minimum Gasteiger partial charge on any atom is -0.360 e. The molecule has 4 heteroatoms. The van der Waals surface area contributed by atoms with Crippen molar-refractivity contribution in [2.75, 3.05) is 7.05 Å². The topological polar surface area (TPSA) is 29.3 Å². The monoisotopic (exact) mass is 250 g/mol. The molecule has 0 saturated heterocycles. The Morgan fingerprint density at radius 1 is 1.29 bits per heavy atom. The van der Waals surface area contributed by atoms with Crippen LogP contribution in [-0.4, -0.2) is 17.1 Å². The summed E-state index contributed by atoms with van der Waals surface area (Å²) in [5.41, 5.74) is 2.10. The highest BCUT2D eigenvalue weighted by Gasteiger charge is 2.06. The zero-order valence-corrected chi connectivity index (χ0v) is 10.7. The van der Waals surface area contributed by atoms with Gasteiger partial charge in [-0.15, -0.1) is 0 Å². The Bertz CT molecular complexity index is 496. The van der Waals surface area contributed by atoms with E-state index in [1.54, 1.807) is 0 Å². The summed E-state index contributed by atoms with van der Waals surface area (Å²) in [6.07, 6.45) is 0. The Morgan fingerprint density at radius 2 is 2.12 bits per heavy atom. The summed E-state index contributed by atoms with van der Waals surface area (Å²) in [5.74, 6) is 0.882. The first-order valence-corrected chi connectivity index (χ1v) is 5.86. The smallest absolute Gasteiger partial charge is 0.150 e. The second kappa shape index (κ2) is 5.34. The van der Waals surface area contributed by atoms with Crippen molar-refractivity contribution in [1.82, 2.24) is 10.1 Å². The van der Waals surface area contributed by atoms with Crippen molar-refractivity contribution in [3.8, 4) is 0 Å². The maximum Gasteiger partial charge on any atom is 0.150 e. The van der Waals surface area contributed by atoms with Crippen molar-refractivity contribution in [1.29, 1.82) is 0 Å². The molecule has 90 valence electrons. The van der Waals surface area contributed by atoms with Crippen LogP contribution in [0.5, 0.6) is 0 Å². The van der Waals surface area contributed by atoms with Gasteiger partial charge in [0.25, 0.3) is 0 Å². The molecule has 0 fully saturated rings. The summed E-state index contributed by atoms with van der Waals surface area (Å²) in [7, 11) is 2.04. The normalized spacial score (nSPS) is 11.1. The van der Waals surface area contributed by atoms with E-state index in [-0.39, 0.29) is 0 Å². The van der Waals surface area contributed by atoms with Crippen LogP contribution in [-0.2, 0) is 13.1 Å². The molecule has 0 aliphatic heterocycles. The number of nitrogens with zero attached hydrogens (tertiary/aromatic N) is 2. The van der Waals surface area contributed by atoms with Crippen molar-refractivity contribution in [2.24, 2.45) is 0 Å². The molecule has 0 spiro atoms. The number of aryl methyl sites for hydroxylation is 1. The maximum absolute atomic E-state index is 5.94. The van der Waals surface area contributed by atoms with E-state index in [4.69, 9.17) is 16.1 Å². The highest BCUT2D eigenvalue weighted by Crippen LogP contribution is 2.13. The Hall–Kier alpha value is -1.32. The van der Waals surface area contributed by atoms with Gasteiger partial charge in [0.05, 0.1) is 12.2 Å². The summed E-state index contributed by atoms with van der Waals surface area (Å²) in [4.78, 5) is 2.16. The number of hydrogen-bond donors (Lipinski definition) is 0. The molecule has 0 radical (unpaired) electrons. The molecule has 0 N–H and O–H groups in total. The van der Waals surface area contributed by atoms with Gasteiger partial charge in [0.2, 0.25) is 0 Å². The molecule has 0 unspecified atom stereocenters. The predicted octanol–water partition coefficient (Wildman–Crippen LogP) is 3.27. The molecule has 0 aliphatic rings. The Morgan fingerprint density at radius 3 is 2.76 bits per heavy atom. The fourth-order valence-electron chi connectivity index (χ4n) is 1.76. The van der Waals surface area contributed by atoms with E-state index in [0.717, 1.165) is 29.6 Å². The zero-order valence-electron chi connectivity index (χ0n) is 9.98. The second-order valence-corrected chi connectivity index (χ2v) is 4.67. The average molecular weight is 251 g/mol. The summed E-state index contributed by atoms with van der Waals surface area (Å²) in [6.45, 7) is 3.50. The molecule has 0 atom stereocenters. The number of rotatable bonds is 4. The molecule has 1 aromatic heterocycles. The fourth-order valence-corrected chi connectivity index (χ4v) is 1.97. The van der Waals surface area contributed by atoms with E-state index in [1.807, 2.05) is 38.2 Å².